The van der Waals surface area contributed by atoms with Crippen molar-refractivity contribution >= 4 is 95.5 Å². The molecule has 1 aliphatic rings. The molecule has 0 atom stereocenters. The number of aromatic nitrogens is 8. The Morgan fingerprint density at radius 3 is 1.04 bits per heavy atom. The molecule has 0 spiro atoms. The molecule has 14 nitrogen and oxygen atoms in total. The topological polar surface area (TPSA) is 220 Å². The maximum absolute atomic E-state index is 10.0. The van der Waals surface area contributed by atoms with Crippen LogP contribution in [0.5, 0.6) is 0 Å². The van der Waals surface area contributed by atoms with Crippen LogP contribution in [0.4, 0.5) is 0 Å². The van der Waals surface area contributed by atoms with E-state index in [1.54, 1.807) is 11.3 Å². The molecule has 0 fully saturated rings. The number of nitrogens with zero attached hydrogens (tertiary/aromatic N) is 8. The molecule has 129 heavy (non-hydrogen) atoms. The minimum atomic E-state index is -0.125. The Morgan fingerprint density at radius 1 is 0.349 bits per heavy atom. The number of para-hydroxylation sites is 1. The Hall–Kier alpha value is -10.6. The summed E-state index contributed by atoms with van der Waals surface area (Å²) in [4.78, 5) is 70.0. The number of thiophene rings is 1. The summed E-state index contributed by atoms with van der Waals surface area (Å²) in [5.74, 6) is -0.187. The van der Waals surface area contributed by atoms with E-state index in [1.807, 2.05) is 176 Å². The number of aliphatic hydroxyl groups excluding tert-OH is 3. The average Bonchev–Trinajstić information content (AvgIpc) is 1.62. The molecular formula is C109H106Ir4N8O6PtS-4. The van der Waals surface area contributed by atoms with Crippen molar-refractivity contribution in [3.8, 4) is 44.3 Å². The van der Waals surface area contributed by atoms with Crippen LogP contribution in [0.3, 0.4) is 0 Å². The van der Waals surface area contributed by atoms with Crippen molar-refractivity contribution in [2.75, 3.05) is 0 Å². The third kappa shape index (κ3) is 30.5. The first-order valence-corrected chi connectivity index (χ1v) is 43.0. The minimum Gasteiger partial charge on any atom is -0.657 e. The van der Waals surface area contributed by atoms with Gasteiger partial charge in [-0.05, 0) is 171 Å². The summed E-state index contributed by atoms with van der Waals surface area (Å²) < 4.78 is 1.26. The van der Waals surface area contributed by atoms with E-state index in [1.165, 1.54) is 141 Å². The standard InChI is InChI=1S/C36H44N4.3C15H10N.C13H8NS.3C5H8O2.4Ir.Pt/c1-9-21-22(10-2)30-18-32-25(13-5)26(14-6)34(39-32)20-36-28(16-8)27(15-7)35(40-36)19-33-24(12-4)23(11-3)31(38-33)17-29(21)37-30;2*1-2-7-13(8-3-1)15-14-9-5-4-6-12(14)10-11-16-15;1-2-6-12(7-3-1)15-11-10-13-8-4-5-9-14(13)16-15;1-2-7-12-10(5-1)9-13(15-12)11-6-3-4-8-14-11;3*1-4(6)3-5(2)7;;;;;/h17-20H,9-16H2,1-8H3;2*1-7,9-11H;1-6,8-11H;1-8H;3*3,6H,1-2H3;;;;;/q-4;4*-1;;;;;;;;+4. The van der Waals surface area contributed by atoms with Gasteiger partial charge in [0.25, 0.3) is 0 Å². The number of fused-ring (bicyclic) bond motifs is 12. The summed E-state index contributed by atoms with van der Waals surface area (Å²) in [5, 5.41) is 36.4. The van der Waals surface area contributed by atoms with Crippen LogP contribution >= 0.6 is 11.3 Å². The van der Waals surface area contributed by atoms with Gasteiger partial charge in [-0.3, -0.25) is 19.4 Å². The third-order valence-corrected chi connectivity index (χ3v) is 21.2. The molecule has 674 valence electrons. The molecule has 20 heteroatoms. The van der Waals surface area contributed by atoms with Gasteiger partial charge in [-0.2, -0.15) is 0 Å². The fraction of sp³-hybridized carbons (Fsp3) is 0.202. The number of allylic oxidation sites excluding steroid dienone is 6. The van der Waals surface area contributed by atoms with Crippen LogP contribution in [0.15, 0.2) is 266 Å². The molecule has 9 aromatic heterocycles. The predicted molar refractivity (Wildman–Crippen MR) is 510 cm³/mol. The number of hydrogen-bond donors (Lipinski definition) is 3. The minimum absolute atomic E-state index is 0. The number of aliphatic hydroxyl groups is 3. The second kappa shape index (κ2) is 55.4. The monoisotopic (exact) mass is 2620 g/mol. The van der Waals surface area contributed by atoms with Gasteiger partial charge in [0.1, 0.15) is 0 Å². The van der Waals surface area contributed by atoms with Crippen LogP contribution in [0, 0.1) is 24.3 Å². The largest absolute Gasteiger partial charge is 4.00 e. The van der Waals surface area contributed by atoms with Crippen molar-refractivity contribution in [2.24, 2.45) is 0 Å². The number of carbonyl (C=O) groups is 3. The molecule has 1 aliphatic heterocycles. The Bertz CT molecular complexity index is 6180. The molecule has 4 radical (unpaired) electrons. The van der Waals surface area contributed by atoms with Crippen LogP contribution in [-0.2, 0) is 167 Å². The average molecular weight is 2620 g/mol. The summed E-state index contributed by atoms with van der Waals surface area (Å²) in [5.41, 5.74) is 23.0. The summed E-state index contributed by atoms with van der Waals surface area (Å²) in [7, 11) is 0. The number of ketones is 3. The number of pyridine rings is 4. The Labute approximate surface area is 830 Å². The maximum atomic E-state index is 10.0. The van der Waals surface area contributed by atoms with Crippen molar-refractivity contribution in [3.63, 3.8) is 0 Å². The molecule has 0 saturated heterocycles. The second-order valence-electron chi connectivity index (χ2n) is 29.2. The van der Waals surface area contributed by atoms with Crippen molar-refractivity contribution in [2.45, 2.75) is 148 Å². The van der Waals surface area contributed by atoms with Gasteiger partial charge in [0, 0.05) is 123 Å². The van der Waals surface area contributed by atoms with E-state index in [2.05, 4.69) is 178 Å². The summed E-state index contributed by atoms with van der Waals surface area (Å²) in [6.45, 7) is 26.5. The normalized spacial score (nSPS) is 10.9. The Kier molecular flexibility index (Phi) is 46.8. The van der Waals surface area contributed by atoms with E-state index in [9.17, 15) is 14.4 Å². The molecule has 8 bridgehead atoms. The van der Waals surface area contributed by atoms with Crippen LogP contribution in [0.2, 0.25) is 0 Å². The van der Waals surface area contributed by atoms with Gasteiger partial charge in [0.05, 0.1) is 22.8 Å². The van der Waals surface area contributed by atoms with Gasteiger partial charge >= 0.3 is 21.1 Å². The summed E-state index contributed by atoms with van der Waals surface area (Å²) >= 11 is 1.73. The third-order valence-electron chi connectivity index (χ3n) is 20.2. The zero-order valence-electron chi connectivity index (χ0n) is 74.8. The fourth-order valence-electron chi connectivity index (χ4n) is 14.9. The summed E-state index contributed by atoms with van der Waals surface area (Å²) in [6, 6.07) is 83.8. The van der Waals surface area contributed by atoms with Crippen LogP contribution in [-0.4, -0.2) is 52.6 Å². The molecule has 16 aromatic rings. The predicted octanol–water partition coefficient (Wildman–Crippen LogP) is 21.6. The van der Waals surface area contributed by atoms with E-state index in [0.29, 0.717) is 0 Å². The molecule has 7 aromatic carbocycles. The number of rotatable bonds is 15. The van der Waals surface area contributed by atoms with Gasteiger partial charge in [-0.1, -0.05) is 227 Å². The fourth-order valence-corrected chi connectivity index (χ4v) is 15.8. The smallest absolute Gasteiger partial charge is 0.657 e. The maximum Gasteiger partial charge on any atom is 4.00 e. The van der Waals surface area contributed by atoms with E-state index in [0.717, 1.165) is 145 Å². The van der Waals surface area contributed by atoms with Crippen molar-refractivity contribution in [3.05, 3.63) is 379 Å². The van der Waals surface area contributed by atoms with Gasteiger partial charge in [-0.15, -0.1) is 175 Å². The quantitative estimate of drug-likeness (QED) is 0.0494. The molecule has 0 amide bonds. The van der Waals surface area contributed by atoms with Gasteiger partial charge in [0.2, 0.25) is 0 Å². The molecule has 3 N–H and O–H groups in total. The van der Waals surface area contributed by atoms with Crippen molar-refractivity contribution < 1.29 is 131 Å². The molecule has 17 rings (SSSR count). The Balaban J connectivity index is 0.000000281. The zero-order valence-corrected chi connectivity index (χ0v) is 87.5. The summed E-state index contributed by atoms with van der Waals surface area (Å²) in [6.07, 6.45) is 25.6. The molecule has 10 heterocycles. The first-order chi connectivity index (χ1) is 60.1. The van der Waals surface area contributed by atoms with Gasteiger partial charge in [-0.25, -0.2) is 11.3 Å². The number of benzene rings is 7. The molecule has 0 saturated carbocycles. The number of carbonyl (C=O) groups excluding carboxylic acids is 3. The van der Waals surface area contributed by atoms with Crippen LogP contribution in [0.1, 0.15) is 164 Å². The van der Waals surface area contributed by atoms with E-state index < -0.39 is 0 Å². The van der Waals surface area contributed by atoms with E-state index >= 15 is 0 Å². The second-order valence-corrected chi connectivity index (χ2v) is 30.3. The van der Waals surface area contributed by atoms with E-state index in [-0.39, 0.29) is 136 Å². The first kappa shape index (κ1) is 109. The van der Waals surface area contributed by atoms with Crippen LogP contribution < -0.4 is 41.3 Å². The van der Waals surface area contributed by atoms with E-state index in [4.69, 9.17) is 35.3 Å². The SMILES string of the molecule is CC(=O)C=C(C)O.CC(=O)C=C(C)O.CC(=O)C=C(C)O.CCc1c2[n-]c(c1CC)C=c1[n-]c(c(CC)c1CC)=Cc1[n-]c(c(CC)c1CC)C=c1[n-]c(c(CC)c1CC)=C2.[Ir].[Ir].[Ir].[Ir].[Pt+4].[c-]1c(-c2ccccn2)sc2ccccc12.[c-]1ccccc1-c1ccc2ccccc2n1.[c-]1ccccc1-c1nccc2ccccc12.[c-]1ccccc1-c1nccc2ccccc12. The van der Waals surface area contributed by atoms with Gasteiger partial charge < -0.3 is 50.2 Å². The van der Waals surface area contributed by atoms with Crippen molar-refractivity contribution in [1.82, 2.24) is 39.9 Å². The first-order valence-electron chi connectivity index (χ1n) is 42.1. The Morgan fingerprint density at radius 2 is 0.698 bits per heavy atom. The molecular weight excluding hydrogens is 2510 g/mol. The molecule has 0 aliphatic carbocycles. The van der Waals surface area contributed by atoms with Crippen molar-refractivity contribution in [1.29, 1.82) is 0 Å². The number of hydrogen-bond acceptors (Lipinski definition) is 11. The van der Waals surface area contributed by atoms with Gasteiger partial charge in [0.15, 0.2) is 17.3 Å². The molecule has 0 unspecified atom stereocenters. The van der Waals surface area contributed by atoms with Crippen LogP contribution in [0.25, 0.3) is 111 Å². The zero-order chi connectivity index (χ0) is 88.6.